The number of nitriles is 1. The number of rotatable bonds is 3. The Balaban J connectivity index is 2.63. The normalized spacial score (nSPS) is 11.0. The zero-order chi connectivity index (χ0) is 15.6. The van der Waals surface area contributed by atoms with Gasteiger partial charge in [-0.2, -0.15) is 5.26 Å². The molecule has 0 aliphatic heterocycles. The molecule has 0 saturated heterocycles. The molecule has 0 amide bonds. The zero-order valence-electron chi connectivity index (χ0n) is 12.8. The summed E-state index contributed by atoms with van der Waals surface area (Å²) in [6.45, 7) is 6.05. The van der Waals surface area contributed by atoms with E-state index in [2.05, 4.69) is 16.4 Å². The summed E-state index contributed by atoms with van der Waals surface area (Å²) in [6, 6.07) is 7.56. The minimum absolute atomic E-state index is 0.262. The first-order valence-corrected chi connectivity index (χ1v) is 6.51. The Hall–Kier alpha value is -2.55. The van der Waals surface area contributed by atoms with E-state index in [9.17, 15) is 5.26 Å². The molecule has 1 aromatic heterocycles. The molecule has 6 nitrogen and oxygen atoms in total. The van der Waals surface area contributed by atoms with Gasteiger partial charge in [0.05, 0.1) is 25.6 Å². The first-order valence-electron chi connectivity index (χ1n) is 6.51. The maximum absolute atomic E-state index is 9.21. The van der Waals surface area contributed by atoms with Gasteiger partial charge in [-0.15, -0.1) is 5.10 Å². The molecule has 2 rings (SSSR count). The third-order valence-corrected chi connectivity index (χ3v) is 3.10. The van der Waals surface area contributed by atoms with Crippen molar-refractivity contribution >= 4 is 0 Å². The van der Waals surface area contributed by atoms with Gasteiger partial charge < -0.3 is 9.47 Å². The summed E-state index contributed by atoms with van der Waals surface area (Å²) >= 11 is 0. The highest BCUT2D eigenvalue weighted by Gasteiger charge is 2.26. The van der Waals surface area contributed by atoms with E-state index in [1.165, 1.54) is 0 Å². The standard InChI is InChI=1S/C15H18N4O2/c1-15(2,3)14-11(9-16)17-18-19(14)10-6-7-12(20-4)13(8-10)21-5/h6-8H,1-5H3. The minimum atomic E-state index is -0.262. The fraction of sp³-hybridized carbons (Fsp3) is 0.400. The Morgan fingerprint density at radius 1 is 1.14 bits per heavy atom. The summed E-state index contributed by atoms with van der Waals surface area (Å²) in [4.78, 5) is 0. The van der Waals surface area contributed by atoms with Crippen LogP contribution >= 0.6 is 0 Å². The van der Waals surface area contributed by atoms with E-state index < -0.39 is 0 Å². The van der Waals surface area contributed by atoms with Crippen LogP contribution in [-0.4, -0.2) is 29.2 Å². The van der Waals surface area contributed by atoms with Crippen molar-refractivity contribution < 1.29 is 9.47 Å². The SMILES string of the molecule is COc1ccc(-n2nnc(C#N)c2C(C)(C)C)cc1OC. The Morgan fingerprint density at radius 2 is 1.81 bits per heavy atom. The van der Waals surface area contributed by atoms with Crippen LogP contribution in [0.2, 0.25) is 0 Å². The van der Waals surface area contributed by atoms with Crippen LogP contribution in [0.3, 0.4) is 0 Å². The average Bonchev–Trinajstić information content (AvgIpc) is 2.90. The summed E-state index contributed by atoms with van der Waals surface area (Å²) in [5, 5.41) is 17.3. The zero-order valence-corrected chi connectivity index (χ0v) is 12.8. The highest BCUT2D eigenvalue weighted by Crippen LogP contribution is 2.32. The molecule has 0 atom stereocenters. The van der Waals surface area contributed by atoms with Gasteiger partial charge in [-0.25, -0.2) is 4.68 Å². The van der Waals surface area contributed by atoms with Crippen LogP contribution in [0.25, 0.3) is 5.69 Å². The van der Waals surface area contributed by atoms with Gasteiger partial charge in [0.25, 0.3) is 0 Å². The molecular formula is C15H18N4O2. The second kappa shape index (κ2) is 5.44. The summed E-state index contributed by atoms with van der Waals surface area (Å²) in [7, 11) is 3.16. The Labute approximate surface area is 123 Å². The lowest BCUT2D eigenvalue weighted by atomic mass is 9.90. The molecule has 0 saturated carbocycles. The van der Waals surface area contributed by atoms with Crippen molar-refractivity contribution in [3.8, 4) is 23.3 Å². The number of methoxy groups -OCH3 is 2. The molecule has 6 heteroatoms. The second-order valence-electron chi connectivity index (χ2n) is 5.60. The maximum Gasteiger partial charge on any atom is 0.186 e. The lowest BCUT2D eigenvalue weighted by molar-refractivity contribution is 0.354. The van der Waals surface area contributed by atoms with Crippen molar-refractivity contribution in [3.05, 3.63) is 29.6 Å². The van der Waals surface area contributed by atoms with Gasteiger partial charge in [0, 0.05) is 11.5 Å². The molecular weight excluding hydrogens is 268 g/mol. The molecule has 110 valence electrons. The molecule has 0 aliphatic rings. The van der Waals surface area contributed by atoms with E-state index in [0.29, 0.717) is 17.2 Å². The number of hydrogen-bond acceptors (Lipinski definition) is 5. The van der Waals surface area contributed by atoms with Gasteiger partial charge in [-0.1, -0.05) is 26.0 Å². The molecule has 21 heavy (non-hydrogen) atoms. The first kappa shape index (κ1) is 14.9. The quantitative estimate of drug-likeness (QED) is 0.866. The van der Waals surface area contributed by atoms with Crippen LogP contribution in [0.4, 0.5) is 0 Å². The molecule has 1 heterocycles. The maximum atomic E-state index is 9.21. The highest BCUT2D eigenvalue weighted by atomic mass is 16.5. The van der Waals surface area contributed by atoms with E-state index in [1.807, 2.05) is 32.9 Å². The predicted molar refractivity (Wildman–Crippen MR) is 77.9 cm³/mol. The predicted octanol–water partition coefficient (Wildman–Crippen LogP) is 2.45. The molecule has 0 N–H and O–H groups in total. The van der Waals surface area contributed by atoms with Gasteiger partial charge in [0.2, 0.25) is 0 Å². The van der Waals surface area contributed by atoms with Crippen molar-refractivity contribution in [2.45, 2.75) is 26.2 Å². The van der Waals surface area contributed by atoms with Crippen LogP contribution in [0.1, 0.15) is 32.2 Å². The van der Waals surface area contributed by atoms with E-state index >= 15 is 0 Å². The molecule has 0 spiro atoms. The third kappa shape index (κ3) is 2.68. The van der Waals surface area contributed by atoms with Crippen molar-refractivity contribution in [1.82, 2.24) is 15.0 Å². The Bertz CT molecular complexity index is 693. The van der Waals surface area contributed by atoms with E-state index in [1.54, 1.807) is 25.0 Å². The summed E-state index contributed by atoms with van der Waals surface area (Å²) in [5.41, 5.74) is 1.60. The van der Waals surface area contributed by atoms with E-state index in [4.69, 9.17) is 9.47 Å². The molecule has 1 aromatic carbocycles. The average molecular weight is 286 g/mol. The van der Waals surface area contributed by atoms with Gasteiger partial charge in [0.15, 0.2) is 17.2 Å². The number of aromatic nitrogens is 3. The number of nitrogens with zero attached hydrogens (tertiary/aromatic N) is 4. The first-order chi connectivity index (χ1) is 9.92. The Morgan fingerprint density at radius 3 is 2.33 bits per heavy atom. The van der Waals surface area contributed by atoms with Crippen LogP contribution in [-0.2, 0) is 5.41 Å². The van der Waals surface area contributed by atoms with Crippen molar-refractivity contribution in [1.29, 1.82) is 5.26 Å². The van der Waals surface area contributed by atoms with Crippen LogP contribution in [0.5, 0.6) is 11.5 Å². The monoisotopic (exact) mass is 286 g/mol. The molecule has 0 aliphatic carbocycles. The molecule has 2 aromatic rings. The summed E-state index contributed by atoms with van der Waals surface area (Å²) in [5.74, 6) is 1.24. The molecule has 0 fully saturated rings. The van der Waals surface area contributed by atoms with Crippen LogP contribution < -0.4 is 9.47 Å². The molecule has 0 unspecified atom stereocenters. The molecule has 0 bridgehead atoms. The van der Waals surface area contributed by atoms with Crippen molar-refractivity contribution in [2.75, 3.05) is 14.2 Å². The minimum Gasteiger partial charge on any atom is -0.493 e. The van der Waals surface area contributed by atoms with Gasteiger partial charge in [-0.05, 0) is 12.1 Å². The number of ether oxygens (including phenoxy) is 2. The second-order valence-corrected chi connectivity index (χ2v) is 5.60. The molecule has 0 radical (unpaired) electrons. The van der Waals surface area contributed by atoms with Gasteiger partial charge in [-0.3, -0.25) is 0 Å². The van der Waals surface area contributed by atoms with Crippen molar-refractivity contribution in [2.24, 2.45) is 0 Å². The summed E-state index contributed by atoms with van der Waals surface area (Å²) < 4.78 is 12.2. The summed E-state index contributed by atoms with van der Waals surface area (Å²) in [6.07, 6.45) is 0. The van der Waals surface area contributed by atoms with Gasteiger partial charge >= 0.3 is 0 Å². The fourth-order valence-corrected chi connectivity index (χ4v) is 2.17. The topological polar surface area (TPSA) is 73.0 Å². The number of benzene rings is 1. The highest BCUT2D eigenvalue weighted by molar-refractivity contribution is 5.50. The number of hydrogen-bond donors (Lipinski definition) is 0. The van der Waals surface area contributed by atoms with E-state index in [0.717, 1.165) is 11.4 Å². The Kier molecular flexibility index (Phi) is 3.85. The lowest BCUT2D eigenvalue weighted by Crippen LogP contribution is -2.19. The van der Waals surface area contributed by atoms with Gasteiger partial charge in [0.1, 0.15) is 6.07 Å². The lowest BCUT2D eigenvalue weighted by Gasteiger charge is -2.20. The fourth-order valence-electron chi connectivity index (χ4n) is 2.17. The van der Waals surface area contributed by atoms with Crippen LogP contribution in [0, 0.1) is 11.3 Å². The van der Waals surface area contributed by atoms with Crippen molar-refractivity contribution in [3.63, 3.8) is 0 Å². The van der Waals surface area contributed by atoms with E-state index in [-0.39, 0.29) is 5.41 Å². The van der Waals surface area contributed by atoms with Crippen LogP contribution in [0.15, 0.2) is 18.2 Å². The largest absolute Gasteiger partial charge is 0.493 e. The third-order valence-electron chi connectivity index (χ3n) is 3.10. The smallest absolute Gasteiger partial charge is 0.186 e.